The number of fused-ring (bicyclic) bond motifs is 1. The molecule has 0 aromatic carbocycles. The molecule has 112 valence electrons. The smallest absolute Gasteiger partial charge is 0.264 e. The number of nitrogens with one attached hydrogen (secondary N) is 1. The van der Waals surface area contributed by atoms with Gasteiger partial charge in [-0.3, -0.25) is 9.59 Å². The molecule has 0 saturated carbocycles. The van der Waals surface area contributed by atoms with E-state index in [-0.39, 0.29) is 17.5 Å². The van der Waals surface area contributed by atoms with Crippen molar-refractivity contribution < 1.29 is 4.79 Å². The minimum atomic E-state index is -0.0961. The molecule has 1 unspecified atom stereocenters. The molecule has 3 heterocycles. The van der Waals surface area contributed by atoms with Crippen molar-refractivity contribution in [2.45, 2.75) is 19.9 Å². The maximum absolute atomic E-state index is 12.8. The van der Waals surface area contributed by atoms with E-state index in [9.17, 15) is 9.59 Å². The number of aryl methyl sites for hydroxylation is 2. The van der Waals surface area contributed by atoms with Crippen LogP contribution < -0.4 is 10.9 Å². The molecule has 0 spiro atoms. The largest absolute Gasteiger partial charge is 0.333 e. The van der Waals surface area contributed by atoms with Crippen molar-refractivity contribution in [3.63, 3.8) is 0 Å². The van der Waals surface area contributed by atoms with E-state index in [0.717, 1.165) is 18.7 Å². The first-order valence-electron chi connectivity index (χ1n) is 6.97. The monoisotopic (exact) mass is 306 g/mol. The number of rotatable bonds is 1. The quantitative estimate of drug-likeness (QED) is 0.844. The number of piperazine rings is 1. The predicted molar refractivity (Wildman–Crippen MR) is 83.0 cm³/mol. The molecule has 0 aliphatic carbocycles. The topological polar surface area (TPSA) is 67.2 Å². The number of carbonyl (C=O) groups excluding carboxylic acids is 1. The number of carbonyl (C=O) groups is 1. The summed E-state index contributed by atoms with van der Waals surface area (Å²) in [5.41, 5.74) is 0.653. The van der Waals surface area contributed by atoms with E-state index in [2.05, 4.69) is 10.3 Å². The minimum Gasteiger partial charge on any atom is -0.333 e. The number of hydrogen-bond donors (Lipinski definition) is 1. The average Bonchev–Trinajstić information content (AvgIpc) is 2.80. The van der Waals surface area contributed by atoms with Crippen LogP contribution in [0.5, 0.6) is 0 Å². The average molecular weight is 306 g/mol. The van der Waals surface area contributed by atoms with Crippen LogP contribution in [0.25, 0.3) is 10.2 Å². The summed E-state index contributed by atoms with van der Waals surface area (Å²) >= 11 is 1.31. The van der Waals surface area contributed by atoms with Gasteiger partial charge < -0.3 is 14.8 Å². The summed E-state index contributed by atoms with van der Waals surface area (Å²) in [5.74, 6) is 0.00607. The highest BCUT2D eigenvalue weighted by molar-refractivity contribution is 7.20. The van der Waals surface area contributed by atoms with Crippen molar-refractivity contribution in [2.75, 3.05) is 19.6 Å². The fourth-order valence-corrected chi connectivity index (χ4v) is 3.78. The Balaban J connectivity index is 2.08. The van der Waals surface area contributed by atoms with Gasteiger partial charge in [0.05, 0.1) is 16.6 Å². The molecule has 2 aromatic rings. The first-order chi connectivity index (χ1) is 10.0. The van der Waals surface area contributed by atoms with Gasteiger partial charge in [-0.25, -0.2) is 4.98 Å². The van der Waals surface area contributed by atoms with Crippen LogP contribution in [-0.2, 0) is 7.05 Å². The molecule has 1 aliphatic heterocycles. The third-order valence-corrected chi connectivity index (χ3v) is 5.15. The number of nitrogens with zero attached hydrogens (tertiary/aromatic N) is 3. The summed E-state index contributed by atoms with van der Waals surface area (Å²) in [4.78, 5) is 32.4. The van der Waals surface area contributed by atoms with Crippen molar-refractivity contribution in [3.05, 3.63) is 27.1 Å². The van der Waals surface area contributed by atoms with Crippen LogP contribution in [0.1, 0.15) is 22.2 Å². The molecule has 1 amide bonds. The molecule has 2 aromatic heterocycles. The van der Waals surface area contributed by atoms with Crippen LogP contribution >= 0.6 is 11.3 Å². The van der Waals surface area contributed by atoms with Crippen molar-refractivity contribution in [3.8, 4) is 0 Å². The SMILES string of the molecule is Cc1c(C(=O)N2CCNCC2C)sc2ncn(C)c(=O)c12. The molecular weight excluding hydrogens is 288 g/mol. The van der Waals surface area contributed by atoms with Crippen LogP contribution in [0.2, 0.25) is 0 Å². The van der Waals surface area contributed by atoms with Crippen LogP contribution in [0.3, 0.4) is 0 Å². The lowest BCUT2D eigenvalue weighted by Crippen LogP contribution is -2.52. The van der Waals surface area contributed by atoms with Crippen molar-refractivity contribution in [1.82, 2.24) is 19.8 Å². The summed E-state index contributed by atoms with van der Waals surface area (Å²) in [7, 11) is 1.67. The van der Waals surface area contributed by atoms with Crippen molar-refractivity contribution in [2.24, 2.45) is 7.05 Å². The van der Waals surface area contributed by atoms with Crippen LogP contribution in [0.15, 0.2) is 11.1 Å². The molecular formula is C14H18N4O2S. The second kappa shape index (κ2) is 5.23. The minimum absolute atomic E-state index is 0.00607. The molecule has 1 saturated heterocycles. The number of thiophene rings is 1. The van der Waals surface area contributed by atoms with Gasteiger partial charge in [0, 0.05) is 32.7 Å². The molecule has 7 heteroatoms. The van der Waals surface area contributed by atoms with E-state index < -0.39 is 0 Å². The molecule has 1 aliphatic rings. The molecule has 0 radical (unpaired) electrons. The zero-order valence-corrected chi connectivity index (χ0v) is 13.2. The Labute approximate surface area is 126 Å². The second-order valence-electron chi connectivity index (χ2n) is 5.45. The van der Waals surface area contributed by atoms with E-state index in [4.69, 9.17) is 0 Å². The Kier molecular flexibility index (Phi) is 3.54. The maximum Gasteiger partial charge on any atom is 0.264 e. The first-order valence-corrected chi connectivity index (χ1v) is 7.78. The third-order valence-electron chi connectivity index (χ3n) is 3.97. The summed E-state index contributed by atoms with van der Waals surface area (Å²) in [6, 6.07) is 0.159. The lowest BCUT2D eigenvalue weighted by Gasteiger charge is -2.33. The van der Waals surface area contributed by atoms with E-state index in [1.807, 2.05) is 18.7 Å². The molecule has 1 fully saturated rings. The van der Waals surface area contributed by atoms with E-state index in [0.29, 0.717) is 21.6 Å². The van der Waals surface area contributed by atoms with Crippen LogP contribution in [0.4, 0.5) is 0 Å². The maximum atomic E-state index is 12.8. The third kappa shape index (κ3) is 2.26. The number of amides is 1. The normalized spacial score (nSPS) is 19.2. The Morgan fingerprint density at radius 1 is 1.52 bits per heavy atom. The fraction of sp³-hybridized carbons (Fsp3) is 0.500. The summed E-state index contributed by atoms with van der Waals surface area (Å²) in [6.45, 7) is 6.17. The molecule has 6 nitrogen and oxygen atoms in total. The number of aromatic nitrogens is 2. The van der Waals surface area contributed by atoms with Gasteiger partial charge in [-0.2, -0.15) is 0 Å². The van der Waals surface area contributed by atoms with Gasteiger partial charge in [0.1, 0.15) is 4.83 Å². The van der Waals surface area contributed by atoms with Gasteiger partial charge in [-0.1, -0.05) is 0 Å². The Bertz CT molecular complexity index is 764. The molecule has 1 atom stereocenters. The van der Waals surface area contributed by atoms with Gasteiger partial charge in [0.15, 0.2) is 0 Å². The van der Waals surface area contributed by atoms with Crippen LogP contribution in [-0.4, -0.2) is 46.0 Å². The van der Waals surface area contributed by atoms with Gasteiger partial charge in [-0.05, 0) is 19.4 Å². The Morgan fingerprint density at radius 2 is 2.29 bits per heavy atom. The summed E-state index contributed by atoms with van der Waals surface area (Å²) in [6.07, 6.45) is 1.50. The van der Waals surface area contributed by atoms with Crippen molar-refractivity contribution >= 4 is 27.5 Å². The lowest BCUT2D eigenvalue weighted by molar-refractivity contribution is 0.0660. The molecule has 0 bridgehead atoms. The van der Waals surface area contributed by atoms with Gasteiger partial charge in [-0.15, -0.1) is 11.3 Å². The van der Waals surface area contributed by atoms with Gasteiger partial charge in [0.25, 0.3) is 11.5 Å². The molecule has 21 heavy (non-hydrogen) atoms. The predicted octanol–water partition coefficient (Wildman–Crippen LogP) is 0.737. The molecule has 3 rings (SSSR count). The van der Waals surface area contributed by atoms with E-state index in [1.54, 1.807) is 7.05 Å². The summed E-state index contributed by atoms with van der Waals surface area (Å²) in [5, 5.41) is 3.84. The Hall–Kier alpha value is -1.73. The Morgan fingerprint density at radius 3 is 3.00 bits per heavy atom. The number of hydrogen-bond acceptors (Lipinski definition) is 5. The first kappa shape index (κ1) is 14.2. The lowest BCUT2D eigenvalue weighted by atomic mass is 10.1. The van der Waals surface area contributed by atoms with E-state index in [1.165, 1.54) is 22.2 Å². The van der Waals surface area contributed by atoms with Crippen molar-refractivity contribution in [1.29, 1.82) is 0 Å². The second-order valence-corrected chi connectivity index (χ2v) is 6.45. The fourth-order valence-electron chi connectivity index (χ4n) is 2.69. The zero-order valence-electron chi connectivity index (χ0n) is 12.3. The summed E-state index contributed by atoms with van der Waals surface area (Å²) < 4.78 is 1.45. The van der Waals surface area contributed by atoms with E-state index >= 15 is 0 Å². The standard InChI is InChI=1S/C14H18N4O2S/c1-8-6-15-4-5-18(8)14(20)11-9(2)10-12(21-11)16-7-17(3)13(10)19/h7-8,15H,4-6H2,1-3H3. The van der Waals surface area contributed by atoms with Gasteiger partial charge >= 0.3 is 0 Å². The van der Waals surface area contributed by atoms with Crippen LogP contribution in [0, 0.1) is 6.92 Å². The van der Waals surface area contributed by atoms with Gasteiger partial charge in [0.2, 0.25) is 0 Å². The highest BCUT2D eigenvalue weighted by Gasteiger charge is 2.28. The zero-order chi connectivity index (χ0) is 15.1. The molecule has 1 N–H and O–H groups in total. The highest BCUT2D eigenvalue weighted by Crippen LogP contribution is 2.28. The highest BCUT2D eigenvalue weighted by atomic mass is 32.1.